The fraction of sp³-hybridized carbons (Fsp3) is 0.556. The molecule has 1 aromatic rings. The Morgan fingerprint density at radius 1 is 1.43 bits per heavy atom. The molecule has 0 unspecified atom stereocenters. The van der Waals surface area contributed by atoms with Crippen LogP contribution in [0.1, 0.15) is 25.1 Å². The van der Waals surface area contributed by atoms with Crippen LogP contribution in [0, 0.1) is 0 Å². The van der Waals surface area contributed by atoms with E-state index >= 15 is 0 Å². The van der Waals surface area contributed by atoms with Gasteiger partial charge in [-0.1, -0.05) is 0 Å². The molecule has 76 valence electrons. The topological polar surface area (TPSA) is 44.2 Å². The lowest BCUT2D eigenvalue weighted by atomic mass is 10.0. The van der Waals surface area contributed by atoms with E-state index in [-0.39, 0.29) is 5.28 Å². The molecule has 0 atom stereocenters. The summed E-state index contributed by atoms with van der Waals surface area (Å²) in [4.78, 5) is 8.15. The second kappa shape index (κ2) is 3.07. The van der Waals surface area contributed by atoms with E-state index in [0.29, 0.717) is 12.5 Å². The predicted octanol–water partition coefficient (Wildman–Crippen LogP) is 1.90. The fourth-order valence-electron chi connectivity index (χ4n) is 1.56. The van der Waals surface area contributed by atoms with Crippen molar-refractivity contribution in [1.82, 2.24) is 9.97 Å². The summed E-state index contributed by atoms with van der Waals surface area (Å²) in [5.41, 5.74) is 1.30. The minimum atomic E-state index is -0.408. The molecule has 0 saturated carbocycles. The molecular weight excluding hydrogens is 204 g/mol. The molecule has 1 aliphatic rings. The zero-order chi connectivity index (χ0) is 10.3. The van der Waals surface area contributed by atoms with Gasteiger partial charge in [-0.2, -0.15) is 4.98 Å². The Labute approximate surface area is 87.2 Å². The molecular formula is C9H11ClN2O2. The summed E-state index contributed by atoms with van der Waals surface area (Å²) in [6.07, 6.45) is 0. The van der Waals surface area contributed by atoms with Crippen molar-refractivity contribution in [2.45, 2.75) is 26.1 Å². The molecule has 0 aromatic carbocycles. The Hall–Kier alpha value is -0.870. The summed E-state index contributed by atoms with van der Waals surface area (Å²) >= 11 is 5.78. The van der Waals surface area contributed by atoms with Crippen molar-refractivity contribution in [2.75, 3.05) is 7.11 Å². The van der Waals surface area contributed by atoms with Crippen LogP contribution in [0.4, 0.5) is 0 Å². The van der Waals surface area contributed by atoms with Gasteiger partial charge in [0.25, 0.3) is 0 Å². The highest BCUT2D eigenvalue weighted by Gasteiger charge is 2.35. The first-order valence-electron chi connectivity index (χ1n) is 4.29. The van der Waals surface area contributed by atoms with Crippen molar-refractivity contribution in [1.29, 1.82) is 0 Å². The van der Waals surface area contributed by atoms with Gasteiger partial charge >= 0.3 is 0 Å². The van der Waals surface area contributed by atoms with Crippen LogP contribution in [0.15, 0.2) is 0 Å². The monoisotopic (exact) mass is 214 g/mol. The van der Waals surface area contributed by atoms with Gasteiger partial charge in [0, 0.05) is 0 Å². The van der Waals surface area contributed by atoms with E-state index in [4.69, 9.17) is 21.1 Å². The van der Waals surface area contributed by atoms with Crippen molar-refractivity contribution in [3.63, 3.8) is 0 Å². The van der Waals surface area contributed by atoms with Gasteiger partial charge in [0.1, 0.15) is 5.60 Å². The van der Waals surface area contributed by atoms with E-state index in [0.717, 1.165) is 11.3 Å². The molecule has 0 radical (unpaired) electrons. The van der Waals surface area contributed by atoms with Crippen molar-refractivity contribution in [3.8, 4) is 5.88 Å². The molecule has 2 rings (SSSR count). The maximum absolute atomic E-state index is 5.78. The first kappa shape index (κ1) is 9.68. The number of fused-ring (bicyclic) bond motifs is 1. The number of ether oxygens (including phenoxy) is 2. The SMILES string of the molecule is COc1nc(Cl)nc2c1COC2(C)C. The Balaban J connectivity index is 2.62. The second-order valence-electron chi connectivity index (χ2n) is 3.63. The average molecular weight is 215 g/mol. The number of halogens is 1. The normalized spacial score (nSPS) is 18.0. The lowest BCUT2D eigenvalue weighted by Crippen LogP contribution is -2.16. The van der Waals surface area contributed by atoms with E-state index in [9.17, 15) is 0 Å². The third kappa shape index (κ3) is 1.35. The molecule has 0 spiro atoms. The molecule has 2 heterocycles. The first-order chi connectivity index (χ1) is 6.54. The number of nitrogens with zero attached hydrogens (tertiary/aromatic N) is 2. The van der Waals surface area contributed by atoms with E-state index in [1.165, 1.54) is 0 Å². The van der Waals surface area contributed by atoms with Gasteiger partial charge in [-0.25, -0.2) is 4.98 Å². The van der Waals surface area contributed by atoms with Gasteiger partial charge in [0.15, 0.2) is 0 Å². The molecule has 14 heavy (non-hydrogen) atoms. The van der Waals surface area contributed by atoms with Crippen molar-refractivity contribution >= 4 is 11.6 Å². The Kier molecular flexibility index (Phi) is 2.12. The highest BCUT2D eigenvalue weighted by Crippen LogP contribution is 2.38. The second-order valence-corrected chi connectivity index (χ2v) is 3.97. The van der Waals surface area contributed by atoms with Gasteiger partial charge in [-0.05, 0) is 25.4 Å². The van der Waals surface area contributed by atoms with E-state index in [1.807, 2.05) is 13.8 Å². The maximum Gasteiger partial charge on any atom is 0.226 e. The third-order valence-electron chi connectivity index (χ3n) is 2.28. The maximum atomic E-state index is 5.78. The third-order valence-corrected chi connectivity index (χ3v) is 2.45. The quantitative estimate of drug-likeness (QED) is 0.670. The van der Waals surface area contributed by atoms with Crippen molar-refractivity contribution in [3.05, 3.63) is 16.5 Å². The zero-order valence-electron chi connectivity index (χ0n) is 8.30. The number of hydrogen-bond acceptors (Lipinski definition) is 4. The summed E-state index contributed by atoms with van der Waals surface area (Å²) in [5.74, 6) is 0.505. The molecule has 0 saturated heterocycles. The Morgan fingerprint density at radius 2 is 2.14 bits per heavy atom. The van der Waals surface area contributed by atoms with Gasteiger partial charge in [-0.3, -0.25) is 0 Å². The van der Waals surface area contributed by atoms with Gasteiger partial charge in [0.2, 0.25) is 11.2 Å². The fourth-order valence-corrected chi connectivity index (χ4v) is 1.72. The molecule has 0 aliphatic carbocycles. The van der Waals surface area contributed by atoms with Crippen LogP contribution in [-0.4, -0.2) is 17.1 Å². The lowest BCUT2D eigenvalue weighted by Gasteiger charge is -2.16. The molecule has 1 aromatic heterocycles. The summed E-state index contributed by atoms with van der Waals surface area (Å²) < 4.78 is 10.7. The highest BCUT2D eigenvalue weighted by molar-refractivity contribution is 6.28. The summed E-state index contributed by atoms with van der Waals surface area (Å²) in [6.45, 7) is 4.37. The zero-order valence-corrected chi connectivity index (χ0v) is 9.05. The largest absolute Gasteiger partial charge is 0.481 e. The Morgan fingerprint density at radius 3 is 2.79 bits per heavy atom. The van der Waals surface area contributed by atoms with Crippen LogP contribution < -0.4 is 4.74 Å². The van der Waals surface area contributed by atoms with E-state index in [1.54, 1.807) is 7.11 Å². The van der Waals surface area contributed by atoms with E-state index in [2.05, 4.69) is 9.97 Å². The van der Waals surface area contributed by atoms with Crippen LogP contribution in [0.3, 0.4) is 0 Å². The highest BCUT2D eigenvalue weighted by atomic mass is 35.5. The van der Waals surface area contributed by atoms with Crippen molar-refractivity contribution in [2.24, 2.45) is 0 Å². The van der Waals surface area contributed by atoms with Gasteiger partial charge < -0.3 is 9.47 Å². The minimum Gasteiger partial charge on any atom is -0.481 e. The van der Waals surface area contributed by atoms with Gasteiger partial charge in [-0.15, -0.1) is 0 Å². The van der Waals surface area contributed by atoms with Crippen LogP contribution in [0.5, 0.6) is 5.88 Å². The molecule has 0 bridgehead atoms. The molecule has 4 nitrogen and oxygen atoms in total. The minimum absolute atomic E-state index is 0.194. The molecule has 1 aliphatic heterocycles. The number of rotatable bonds is 1. The van der Waals surface area contributed by atoms with Gasteiger partial charge in [0.05, 0.1) is 25.0 Å². The van der Waals surface area contributed by atoms with Crippen LogP contribution in [0.2, 0.25) is 5.28 Å². The number of aromatic nitrogens is 2. The standard InChI is InChI=1S/C9H11ClN2O2/c1-9(2)6-5(4-14-9)7(13-3)12-8(10)11-6/h4H2,1-3H3. The molecule has 0 fully saturated rings. The van der Waals surface area contributed by atoms with Crippen LogP contribution in [0.25, 0.3) is 0 Å². The smallest absolute Gasteiger partial charge is 0.226 e. The lowest BCUT2D eigenvalue weighted by molar-refractivity contribution is -0.0103. The number of methoxy groups -OCH3 is 1. The first-order valence-corrected chi connectivity index (χ1v) is 4.67. The van der Waals surface area contributed by atoms with Crippen LogP contribution in [-0.2, 0) is 16.9 Å². The molecule has 0 N–H and O–H groups in total. The Bertz CT molecular complexity index is 379. The molecule has 5 heteroatoms. The van der Waals surface area contributed by atoms with Crippen molar-refractivity contribution < 1.29 is 9.47 Å². The summed E-state index contributed by atoms with van der Waals surface area (Å²) in [5, 5.41) is 0.194. The van der Waals surface area contributed by atoms with E-state index < -0.39 is 5.60 Å². The predicted molar refractivity (Wildman–Crippen MR) is 51.4 cm³/mol. The van der Waals surface area contributed by atoms with Crippen LogP contribution >= 0.6 is 11.6 Å². The average Bonchev–Trinajstić information content (AvgIpc) is 2.42. The number of hydrogen-bond donors (Lipinski definition) is 0. The molecule has 0 amide bonds. The summed E-state index contributed by atoms with van der Waals surface area (Å²) in [7, 11) is 1.56. The summed E-state index contributed by atoms with van der Waals surface area (Å²) in [6, 6.07) is 0.